The lowest BCUT2D eigenvalue weighted by atomic mass is 10.2. The first kappa shape index (κ1) is 23.7. The minimum absolute atomic E-state index is 0.0892. The van der Waals surface area contributed by atoms with Gasteiger partial charge in [-0.25, -0.2) is 33.6 Å². The molecule has 1 aliphatic carbocycles. The number of amides is 3. The van der Waals surface area contributed by atoms with Crippen molar-refractivity contribution in [3.63, 3.8) is 0 Å². The molecule has 2 aromatic heterocycles. The summed E-state index contributed by atoms with van der Waals surface area (Å²) in [6.07, 6.45) is -2.47. The summed E-state index contributed by atoms with van der Waals surface area (Å²) in [5, 5.41) is 0.930. The van der Waals surface area contributed by atoms with E-state index in [1.807, 2.05) is 0 Å². The Kier molecular flexibility index (Phi) is 6.31. The Labute approximate surface area is 185 Å². The number of hydrogen-bond donors (Lipinski definition) is 2. The molecule has 0 aromatic carbocycles. The van der Waals surface area contributed by atoms with Crippen LogP contribution in [-0.4, -0.2) is 38.3 Å². The van der Waals surface area contributed by atoms with Gasteiger partial charge < -0.3 is 10.5 Å². The maximum atomic E-state index is 13.2. The summed E-state index contributed by atoms with van der Waals surface area (Å²) in [7, 11) is 0. The fourth-order valence-electron chi connectivity index (χ4n) is 3.24. The number of ether oxygens (including phenoxy) is 1. The molecule has 1 aliphatic rings. The Morgan fingerprint density at radius 3 is 2.44 bits per heavy atom. The van der Waals surface area contributed by atoms with Crippen LogP contribution < -0.4 is 22.4 Å². The van der Waals surface area contributed by atoms with Crippen LogP contribution in [-0.2, 0) is 17.8 Å². The Bertz CT molecular complexity index is 1180. The number of fused-ring (bicyclic) bond motifs is 1. The average Bonchev–Trinajstić information content (AvgIpc) is 3.40. The van der Waals surface area contributed by atoms with Gasteiger partial charge in [-0.3, -0.25) is 13.9 Å². The molecular formula is C19H25F2N5O5S. The van der Waals surface area contributed by atoms with E-state index in [4.69, 9.17) is 10.5 Å². The number of aryl methyl sites for hydroxylation is 1. The van der Waals surface area contributed by atoms with Crippen LogP contribution in [0.2, 0.25) is 0 Å². The van der Waals surface area contributed by atoms with Crippen molar-refractivity contribution in [3.8, 4) is 0 Å². The van der Waals surface area contributed by atoms with E-state index >= 15 is 0 Å². The molecule has 3 N–H and O–H groups in total. The van der Waals surface area contributed by atoms with Crippen LogP contribution in [0.4, 0.5) is 18.4 Å². The fraction of sp³-hybridized carbons (Fsp3) is 0.579. The maximum Gasteiger partial charge on any atom is 0.426 e. The third-order valence-electron chi connectivity index (χ3n) is 4.77. The van der Waals surface area contributed by atoms with Crippen LogP contribution in [0.25, 0.3) is 10.2 Å². The molecule has 0 aliphatic heterocycles. The highest BCUT2D eigenvalue weighted by Gasteiger charge is 2.31. The number of primary amides is 1. The SMILES string of the molecule is Cc1c(CN(NC(=O)OC(C)(C)C)C(N)=O)sc2c1c(=O)n(C1CC1)c(=O)n2CC(F)F. The second-order valence-corrected chi connectivity index (χ2v) is 9.64. The van der Waals surface area contributed by atoms with Gasteiger partial charge in [0.2, 0.25) is 0 Å². The van der Waals surface area contributed by atoms with Gasteiger partial charge in [-0.2, -0.15) is 0 Å². The number of hydrogen-bond acceptors (Lipinski definition) is 6. The van der Waals surface area contributed by atoms with Crippen molar-refractivity contribution in [1.82, 2.24) is 19.6 Å². The summed E-state index contributed by atoms with van der Waals surface area (Å²) in [6, 6.07) is -1.30. The molecule has 0 atom stereocenters. The zero-order valence-electron chi connectivity index (χ0n) is 18.1. The van der Waals surface area contributed by atoms with Gasteiger partial charge in [0.25, 0.3) is 12.0 Å². The molecule has 3 rings (SSSR count). The number of rotatable bonds is 5. The van der Waals surface area contributed by atoms with Gasteiger partial charge in [-0.1, -0.05) is 0 Å². The maximum absolute atomic E-state index is 13.2. The zero-order valence-corrected chi connectivity index (χ0v) is 18.9. The van der Waals surface area contributed by atoms with E-state index in [1.165, 1.54) is 0 Å². The number of thiophene rings is 1. The van der Waals surface area contributed by atoms with Gasteiger partial charge in [0.1, 0.15) is 10.4 Å². The molecule has 1 fully saturated rings. The molecule has 1 saturated carbocycles. The lowest BCUT2D eigenvalue weighted by molar-refractivity contribution is 0.0376. The number of carbonyl (C=O) groups is 2. The largest absolute Gasteiger partial charge is 0.443 e. The lowest BCUT2D eigenvalue weighted by Crippen LogP contribution is -2.49. The van der Waals surface area contributed by atoms with Crippen molar-refractivity contribution in [2.75, 3.05) is 0 Å². The Morgan fingerprint density at radius 2 is 1.94 bits per heavy atom. The molecular weight excluding hydrogens is 448 g/mol. The third kappa shape index (κ3) is 4.92. The van der Waals surface area contributed by atoms with Crippen LogP contribution in [0.3, 0.4) is 0 Å². The summed E-state index contributed by atoms with van der Waals surface area (Å²) in [5.74, 6) is 0. The van der Waals surface area contributed by atoms with Gasteiger partial charge in [-0.15, -0.1) is 11.3 Å². The molecule has 13 heteroatoms. The predicted octanol–water partition coefficient (Wildman–Crippen LogP) is 2.45. The van der Waals surface area contributed by atoms with Crippen molar-refractivity contribution < 1.29 is 23.1 Å². The predicted molar refractivity (Wildman–Crippen MR) is 114 cm³/mol. The summed E-state index contributed by atoms with van der Waals surface area (Å²) >= 11 is 0.922. The van der Waals surface area contributed by atoms with E-state index in [9.17, 15) is 28.0 Å². The second-order valence-electron chi connectivity index (χ2n) is 8.56. The van der Waals surface area contributed by atoms with Crippen molar-refractivity contribution in [2.24, 2.45) is 5.73 Å². The first-order chi connectivity index (χ1) is 14.8. The molecule has 0 unspecified atom stereocenters. The fourth-order valence-corrected chi connectivity index (χ4v) is 4.53. The molecule has 32 heavy (non-hydrogen) atoms. The van der Waals surface area contributed by atoms with E-state index in [2.05, 4.69) is 5.43 Å². The Morgan fingerprint density at radius 1 is 1.31 bits per heavy atom. The van der Waals surface area contributed by atoms with Crippen LogP contribution in [0.5, 0.6) is 0 Å². The molecule has 2 heterocycles. The molecule has 3 amide bonds. The third-order valence-corrected chi connectivity index (χ3v) is 6.07. The monoisotopic (exact) mass is 473 g/mol. The minimum Gasteiger partial charge on any atom is -0.443 e. The highest BCUT2D eigenvalue weighted by Crippen LogP contribution is 2.34. The van der Waals surface area contributed by atoms with Gasteiger partial charge in [0, 0.05) is 10.9 Å². The quantitative estimate of drug-likeness (QED) is 0.645. The lowest BCUT2D eigenvalue weighted by Gasteiger charge is -2.24. The second kappa shape index (κ2) is 8.52. The molecule has 0 radical (unpaired) electrons. The first-order valence-electron chi connectivity index (χ1n) is 9.92. The minimum atomic E-state index is -2.80. The van der Waals surface area contributed by atoms with Crippen LogP contribution >= 0.6 is 11.3 Å². The van der Waals surface area contributed by atoms with Gasteiger partial charge >= 0.3 is 17.8 Å². The molecule has 10 nitrogen and oxygen atoms in total. The number of hydrazine groups is 1. The summed E-state index contributed by atoms with van der Waals surface area (Å²) < 4.78 is 33.5. The first-order valence-corrected chi connectivity index (χ1v) is 10.7. The van der Waals surface area contributed by atoms with Crippen LogP contribution in [0.1, 0.15) is 50.1 Å². The zero-order chi connectivity index (χ0) is 24.0. The number of urea groups is 1. The number of alkyl halides is 2. The molecule has 2 aromatic rings. The number of halogens is 2. The summed E-state index contributed by atoms with van der Waals surface area (Å²) in [5.41, 5.74) is 5.87. The molecule has 0 bridgehead atoms. The Hall–Kier alpha value is -2.96. The number of nitrogens with two attached hydrogens (primary N) is 1. The van der Waals surface area contributed by atoms with Crippen LogP contribution in [0, 0.1) is 6.92 Å². The smallest absolute Gasteiger partial charge is 0.426 e. The number of carbonyl (C=O) groups excluding carboxylic acids is 2. The topological polar surface area (TPSA) is 129 Å². The normalized spacial score (nSPS) is 14.1. The van der Waals surface area contributed by atoms with Crippen LogP contribution in [0.15, 0.2) is 9.59 Å². The standard InChI is InChI=1S/C19H25F2N5O5S/c1-9-11(7-25(16(22)28)23-17(29)31-19(2,3)4)32-15-13(9)14(27)26(10-5-6-10)18(30)24(15)8-12(20)21/h10,12H,5-8H2,1-4H3,(H2,22,28)(H,23,29). The molecule has 176 valence electrons. The Balaban J connectivity index is 2.05. The summed E-state index contributed by atoms with van der Waals surface area (Å²) in [6.45, 7) is 5.42. The average molecular weight is 474 g/mol. The van der Waals surface area contributed by atoms with E-state index in [-0.39, 0.29) is 22.8 Å². The number of nitrogens with one attached hydrogen (secondary N) is 1. The van der Waals surface area contributed by atoms with Crippen molar-refractivity contribution in [3.05, 3.63) is 31.3 Å². The van der Waals surface area contributed by atoms with E-state index in [0.717, 1.165) is 25.5 Å². The number of nitrogens with zero attached hydrogens (tertiary/aromatic N) is 3. The van der Waals surface area contributed by atoms with Gasteiger partial charge in [-0.05, 0) is 46.1 Å². The van der Waals surface area contributed by atoms with Crippen molar-refractivity contribution >= 4 is 33.7 Å². The van der Waals surface area contributed by atoms with E-state index in [0.29, 0.717) is 23.3 Å². The van der Waals surface area contributed by atoms with Gasteiger partial charge in [0.15, 0.2) is 0 Å². The number of aromatic nitrogens is 2. The van der Waals surface area contributed by atoms with Crippen molar-refractivity contribution in [1.29, 1.82) is 0 Å². The van der Waals surface area contributed by atoms with Gasteiger partial charge in [0.05, 0.1) is 18.5 Å². The highest BCUT2D eigenvalue weighted by atomic mass is 32.1. The molecule has 0 saturated heterocycles. The van der Waals surface area contributed by atoms with Crippen molar-refractivity contribution in [2.45, 2.75) is 71.7 Å². The highest BCUT2D eigenvalue weighted by molar-refractivity contribution is 7.18. The molecule has 0 spiro atoms. The van der Waals surface area contributed by atoms with E-state index in [1.54, 1.807) is 27.7 Å². The van der Waals surface area contributed by atoms with E-state index < -0.39 is 41.9 Å². The summed E-state index contributed by atoms with van der Waals surface area (Å²) in [4.78, 5) is 50.3.